The maximum Gasteiger partial charge on any atom is 0.348 e. The molecule has 3 aromatic heterocycles. The molecule has 3 heterocycles. The molecular formula is C15H12N4O5S. The van der Waals surface area contributed by atoms with Crippen molar-refractivity contribution < 1.29 is 24.3 Å². The molecule has 0 spiro atoms. The molecule has 0 saturated heterocycles. The van der Waals surface area contributed by atoms with Gasteiger partial charge in [0, 0.05) is 12.8 Å². The number of nitrogens with zero attached hydrogens (tertiary/aromatic N) is 3. The van der Waals surface area contributed by atoms with Crippen molar-refractivity contribution in [2.24, 2.45) is 0 Å². The predicted molar refractivity (Wildman–Crippen MR) is 87.4 cm³/mol. The lowest BCUT2D eigenvalue weighted by Gasteiger charge is -2.02. The van der Waals surface area contributed by atoms with Gasteiger partial charge in [-0.3, -0.25) is 4.79 Å². The van der Waals surface area contributed by atoms with Crippen LogP contribution < -0.4 is 5.32 Å². The Labute approximate surface area is 145 Å². The Hall–Kier alpha value is -3.27. The highest BCUT2D eigenvalue weighted by atomic mass is 32.1. The normalized spacial score (nSPS) is 10.6. The van der Waals surface area contributed by atoms with Crippen LogP contribution >= 0.6 is 11.3 Å². The first-order valence-corrected chi connectivity index (χ1v) is 7.99. The molecule has 128 valence electrons. The smallest absolute Gasteiger partial charge is 0.348 e. The van der Waals surface area contributed by atoms with E-state index in [1.807, 2.05) is 0 Å². The molecule has 0 aromatic carbocycles. The van der Waals surface area contributed by atoms with Crippen molar-refractivity contribution in [3.05, 3.63) is 40.5 Å². The number of carbonyl (C=O) groups is 2. The minimum Gasteiger partial charge on any atom is -0.506 e. The van der Waals surface area contributed by atoms with Crippen LogP contribution in [-0.2, 0) is 11.2 Å². The van der Waals surface area contributed by atoms with Gasteiger partial charge in [0.15, 0.2) is 0 Å². The summed E-state index contributed by atoms with van der Waals surface area (Å²) in [5.41, 5.74) is 0.698. The van der Waals surface area contributed by atoms with Crippen molar-refractivity contribution in [1.82, 2.24) is 15.1 Å². The third kappa shape index (κ3) is 3.98. The fourth-order valence-electron chi connectivity index (χ4n) is 1.99. The zero-order valence-electron chi connectivity index (χ0n) is 12.7. The van der Waals surface area contributed by atoms with Crippen molar-refractivity contribution in [3.63, 3.8) is 0 Å². The number of nitrogens with one attached hydrogen (secondary N) is 1. The van der Waals surface area contributed by atoms with Crippen molar-refractivity contribution in [2.75, 3.05) is 5.32 Å². The van der Waals surface area contributed by atoms with Crippen molar-refractivity contribution in [2.45, 2.75) is 12.8 Å². The summed E-state index contributed by atoms with van der Waals surface area (Å²) in [6, 6.07) is 4.53. The SMILES string of the molecule is O=C(CCc1nc(-c2ccc(O)cn2)no1)Nc1ccsc1C(=O)O. The van der Waals surface area contributed by atoms with Crippen LogP contribution in [0.2, 0.25) is 0 Å². The first-order chi connectivity index (χ1) is 12.0. The van der Waals surface area contributed by atoms with Gasteiger partial charge in [-0.15, -0.1) is 11.3 Å². The number of carboxylic acid groups (broad SMARTS) is 1. The number of hydrogen-bond donors (Lipinski definition) is 3. The Morgan fingerprint density at radius 3 is 2.84 bits per heavy atom. The number of amides is 1. The number of carboxylic acids is 1. The fraction of sp³-hybridized carbons (Fsp3) is 0.133. The molecule has 0 aliphatic heterocycles. The van der Waals surface area contributed by atoms with E-state index < -0.39 is 5.97 Å². The zero-order valence-corrected chi connectivity index (χ0v) is 13.5. The highest BCUT2D eigenvalue weighted by Gasteiger charge is 2.15. The number of aromatic nitrogens is 3. The Bertz CT molecular complexity index is 903. The van der Waals surface area contributed by atoms with E-state index in [0.29, 0.717) is 5.69 Å². The van der Waals surface area contributed by atoms with E-state index in [9.17, 15) is 14.7 Å². The second kappa shape index (κ2) is 7.09. The minimum absolute atomic E-state index is 0.0262. The Kier molecular flexibility index (Phi) is 4.70. The Balaban J connectivity index is 1.58. The first kappa shape index (κ1) is 16.6. The van der Waals surface area contributed by atoms with Crippen molar-refractivity contribution in [3.8, 4) is 17.3 Å². The first-order valence-electron chi connectivity index (χ1n) is 7.11. The number of aromatic carboxylic acids is 1. The van der Waals surface area contributed by atoms with Gasteiger partial charge in [0.2, 0.25) is 17.6 Å². The molecule has 10 heteroatoms. The lowest BCUT2D eigenvalue weighted by atomic mass is 10.2. The number of rotatable bonds is 6. The molecule has 25 heavy (non-hydrogen) atoms. The average molecular weight is 360 g/mol. The molecule has 0 aliphatic carbocycles. The number of aromatic hydroxyl groups is 1. The summed E-state index contributed by atoms with van der Waals surface area (Å²) in [6.45, 7) is 0. The molecule has 0 fully saturated rings. The van der Waals surface area contributed by atoms with Crippen molar-refractivity contribution in [1.29, 1.82) is 0 Å². The molecule has 0 aliphatic rings. The highest BCUT2D eigenvalue weighted by Crippen LogP contribution is 2.22. The summed E-state index contributed by atoms with van der Waals surface area (Å²) >= 11 is 1.04. The number of carbonyl (C=O) groups excluding carboxylic acids is 1. The molecule has 9 nitrogen and oxygen atoms in total. The number of pyridine rings is 1. The van der Waals surface area contributed by atoms with Crippen LogP contribution in [0.3, 0.4) is 0 Å². The topological polar surface area (TPSA) is 138 Å². The van der Waals surface area contributed by atoms with Gasteiger partial charge in [-0.2, -0.15) is 4.98 Å². The molecule has 0 atom stereocenters. The van der Waals surface area contributed by atoms with Gasteiger partial charge in [-0.05, 0) is 23.6 Å². The van der Waals surface area contributed by atoms with Gasteiger partial charge in [0.1, 0.15) is 16.3 Å². The van der Waals surface area contributed by atoms with Crippen molar-refractivity contribution >= 4 is 28.9 Å². The van der Waals surface area contributed by atoms with E-state index in [2.05, 4.69) is 20.4 Å². The molecule has 3 N–H and O–H groups in total. The van der Waals surface area contributed by atoms with Gasteiger partial charge in [-0.1, -0.05) is 5.16 Å². The standard InChI is InChI=1S/C15H12N4O5S/c20-8-1-2-10(16-7-8)14-18-12(24-19-14)4-3-11(21)17-9-5-6-25-13(9)15(22)23/h1-2,5-7,20H,3-4H2,(H,17,21)(H,22,23). The number of hydrogen-bond acceptors (Lipinski definition) is 8. The minimum atomic E-state index is -1.09. The summed E-state index contributed by atoms with van der Waals surface area (Å²) in [6.07, 6.45) is 1.52. The zero-order chi connectivity index (χ0) is 17.8. The van der Waals surface area contributed by atoms with Crippen LogP contribution in [0.5, 0.6) is 5.75 Å². The number of aryl methyl sites for hydroxylation is 1. The van der Waals surface area contributed by atoms with E-state index in [1.54, 1.807) is 11.4 Å². The summed E-state index contributed by atoms with van der Waals surface area (Å²) in [7, 11) is 0. The molecule has 0 saturated carbocycles. The lowest BCUT2D eigenvalue weighted by molar-refractivity contribution is -0.116. The quantitative estimate of drug-likeness (QED) is 0.608. The van der Waals surface area contributed by atoms with Crippen LogP contribution in [0.15, 0.2) is 34.3 Å². The van der Waals surface area contributed by atoms with Gasteiger partial charge < -0.3 is 20.1 Å². The second-order valence-corrected chi connectivity index (χ2v) is 5.85. The maximum atomic E-state index is 11.9. The lowest BCUT2D eigenvalue weighted by Crippen LogP contribution is -2.13. The molecule has 3 aromatic rings. The molecule has 1 amide bonds. The molecule has 0 bridgehead atoms. The summed E-state index contributed by atoms with van der Waals surface area (Å²) in [5, 5.41) is 26.1. The Morgan fingerprint density at radius 2 is 2.12 bits per heavy atom. The monoisotopic (exact) mass is 360 g/mol. The second-order valence-electron chi connectivity index (χ2n) is 4.93. The third-order valence-electron chi connectivity index (χ3n) is 3.14. The van der Waals surface area contributed by atoms with E-state index in [4.69, 9.17) is 9.63 Å². The van der Waals surface area contributed by atoms with Gasteiger partial charge in [0.05, 0.1) is 11.9 Å². The average Bonchev–Trinajstić information content (AvgIpc) is 3.23. The van der Waals surface area contributed by atoms with Crippen LogP contribution in [0.4, 0.5) is 5.69 Å². The van der Waals surface area contributed by atoms with Gasteiger partial charge >= 0.3 is 5.97 Å². The summed E-state index contributed by atoms with van der Waals surface area (Å²) in [4.78, 5) is 31.1. The van der Waals surface area contributed by atoms with E-state index in [1.165, 1.54) is 18.3 Å². The maximum absolute atomic E-state index is 11.9. The fourth-order valence-corrected chi connectivity index (χ4v) is 2.67. The van der Waals surface area contributed by atoms with E-state index >= 15 is 0 Å². The number of thiophene rings is 1. The van der Waals surface area contributed by atoms with Gasteiger partial charge in [-0.25, -0.2) is 9.78 Å². The summed E-state index contributed by atoms with van der Waals surface area (Å²) < 4.78 is 5.06. The predicted octanol–water partition coefficient (Wildman–Crippen LogP) is 2.17. The molecule has 3 rings (SSSR count). The van der Waals surface area contributed by atoms with Crippen LogP contribution in [0, 0.1) is 0 Å². The van der Waals surface area contributed by atoms with Crippen LogP contribution in [0.1, 0.15) is 22.0 Å². The molecular weight excluding hydrogens is 348 g/mol. The van der Waals surface area contributed by atoms with E-state index in [-0.39, 0.29) is 46.8 Å². The molecule has 0 radical (unpaired) electrons. The van der Waals surface area contributed by atoms with Crippen LogP contribution in [0.25, 0.3) is 11.5 Å². The third-order valence-corrected chi connectivity index (χ3v) is 4.05. The number of anilines is 1. The molecule has 0 unspecified atom stereocenters. The van der Waals surface area contributed by atoms with Crippen LogP contribution in [-0.4, -0.2) is 37.2 Å². The van der Waals surface area contributed by atoms with E-state index in [0.717, 1.165) is 11.3 Å². The largest absolute Gasteiger partial charge is 0.506 e. The highest BCUT2D eigenvalue weighted by molar-refractivity contribution is 7.12. The van der Waals surface area contributed by atoms with Gasteiger partial charge in [0.25, 0.3) is 0 Å². The Morgan fingerprint density at radius 1 is 1.28 bits per heavy atom. The summed E-state index contributed by atoms with van der Waals surface area (Å²) in [5.74, 6) is -0.917.